The number of thiophene rings is 1. The first-order chi connectivity index (χ1) is 17.0. The van der Waals surface area contributed by atoms with Gasteiger partial charge in [-0.15, -0.1) is 11.3 Å². The largest absolute Gasteiger partial charge is 0.269 e. The number of non-ortho nitro benzene ring substituents is 2. The average Bonchev–Trinajstić information content (AvgIpc) is 3.30. The Morgan fingerprint density at radius 1 is 0.457 bits per heavy atom. The van der Waals surface area contributed by atoms with E-state index in [-0.39, 0.29) is 11.4 Å². The second-order valence-electron chi connectivity index (χ2n) is 7.85. The van der Waals surface area contributed by atoms with Crippen molar-refractivity contribution in [2.24, 2.45) is 0 Å². The van der Waals surface area contributed by atoms with Crippen LogP contribution in [0, 0.1) is 20.2 Å². The predicted octanol–water partition coefficient (Wildman–Crippen LogP) is 8.23. The summed E-state index contributed by atoms with van der Waals surface area (Å²) in [6.45, 7) is 0. The van der Waals surface area contributed by atoms with Crippen LogP contribution in [0.4, 0.5) is 11.4 Å². The van der Waals surface area contributed by atoms with Gasteiger partial charge in [0, 0.05) is 45.1 Å². The molecule has 0 atom stereocenters. The van der Waals surface area contributed by atoms with Crippen LogP contribution in [0.25, 0.3) is 43.1 Å². The van der Waals surface area contributed by atoms with Gasteiger partial charge < -0.3 is 0 Å². The Kier molecular flexibility index (Phi) is 5.91. The number of nitro groups is 2. The molecule has 0 fully saturated rings. The van der Waals surface area contributed by atoms with Gasteiger partial charge in [0.25, 0.3) is 11.4 Å². The normalized spacial score (nSPS) is 10.7. The predicted molar refractivity (Wildman–Crippen MR) is 139 cm³/mol. The van der Waals surface area contributed by atoms with Gasteiger partial charge in [0.2, 0.25) is 0 Å². The highest BCUT2D eigenvalue weighted by Gasteiger charge is 2.24. The fourth-order valence-corrected chi connectivity index (χ4v) is 5.42. The van der Waals surface area contributed by atoms with Crippen LogP contribution < -0.4 is 0 Å². The van der Waals surface area contributed by atoms with Crippen molar-refractivity contribution in [3.63, 3.8) is 0 Å². The molecule has 5 rings (SSSR count). The van der Waals surface area contributed by atoms with Gasteiger partial charge in [0.05, 0.1) is 9.85 Å². The van der Waals surface area contributed by atoms with Crippen molar-refractivity contribution in [2.75, 3.05) is 0 Å². The molecule has 0 bridgehead atoms. The van der Waals surface area contributed by atoms with Crippen LogP contribution in [0.15, 0.2) is 109 Å². The summed E-state index contributed by atoms with van der Waals surface area (Å²) in [6.07, 6.45) is 0. The minimum atomic E-state index is -0.416. The molecule has 1 heterocycles. The molecule has 0 spiro atoms. The standard InChI is InChI=1S/C28H18N2O4S/c31-29(32)23-15-11-20(12-16-23)26-25(19-7-3-1-4-8-19)27(21-9-5-2-6-10-21)35-28(26)22-13-17-24(18-14-22)30(33)34/h1-18H. The molecule has 6 nitrogen and oxygen atoms in total. The highest BCUT2D eigenvalue weighted by Crippen LogP contribution is 2.52. The molecule has 0 saturated carbocycles. The van der Waals surface area contributed by atoms with Gasteiger partial charge in [-0.05, 0) is 46.5 Å². The molecule has 0 aliphatic carbocycles. The maximum atomic E-state index is 11.3. The van der Waals surface area contributed by atoms with Crippen LogP contribution >= 0.6 is 11.3 Å². The molecule has 0 amide bonds. The van der Waals surface area contributed by atoms with Crippen molar-refractivity contribution in [3.05, 3.63) is 129 Å². The van der Waals surface area contributed by atoms with Gasteiger partial charge in [-0.1, -0.05) is 60.7 Å². The Morgan fingerprint density at radius 2 is 0.800 bits per heavy atom. The minimum Gasteiger partial charge on any atom is -0.258 e. The van der Waals surface area contributed by atoms with Gasteiger partial charge in [-0.3, -0.25) is 20.2 Å². The van der Waals surface area contributed by atoms with Crippen LogP contribution in [0.5, 0.6) is 0 Å². The molecular formula is C28H18N2O4S. The summed E-state index contributed by atoms with van der Waals surface area (Å²) in [4.78, 5) is 23.6. The van der Waals surface area contributed by atoms with Gasteiger partial charge >= 0.3 is 0 Å². The molecule has 0 aliphatic rings. The van der Waals surface area contributed by atoms with Crippen molar-refractivity contribution < 1.29 is 9.85 Å². The smallest absolute Gasteiger partial charge is 0.258 e. The fraction of sp³-hybridized carbons (Fsp3) is 0. The summed E-state index contributed by atoms with van der Waals surface area (Å²) in [5, 5.41) is 22.5. The third-order valence-electron chi connectivity index (χ3n) is 5.71. The van der Waals surface area contributed by atoms with E-state index in [1.165, 1.54) is 24.3 Å². The first kappa shape index (κ1) is 22.2. The van der Waals surface area contributed by atoms with Crippen LogP contribution in [-0.2, 0) is 0 Å². The molecule has 1 aromatic heterocycles. The molecule has 4 aromatic carbocycles. The molecule has 0 radical (unpaired) electrons. The zero-order chi connectivity index (χ0) is 24.4. The first-order valence-electron chi connectivity index (χ1n) is 10.8. The van der Waals surface area contributed by atoms with Gasteiger partial charge in [0.1, 0.15) is 0 Å². The second kappa shape index (κ2) is 9.32. The number of nitrogens with zero attached hydrogens (tertiary/aromatic N) is 2. The van der Waals surface area contributed by atoms with Gasteiger partial charge in [-0.25, -0.2) is 0 Å². The zero-order valence-electron chi connectivity index (χ0n) is 18.3. The second-order valence-corrected chi connectivity index (χ2v) is 8.87. The van der Waals surface area contributed by atoms with Crippen LogP contribution in [-0.4, -0.2) is 9.85 Å². The van der Waals surface area contributed by atoms with Crippen LogP contribution in [0.3, 0.4) is 0 Å². The molecule has 35 heavy (non-hydrogen) atoms. The molecule has 0 saturated heterocycles. The zero-order valence-corrected chi connectivity index (χ0v) is 19.1. The summed E-state index contributed by atoms with van der Waals surface area (Å²) in [7, 11) is 0. The van der Waals surface area contributed by atoms with Crippen LogP contribution in [0.1, 0.15) is 0 Å². The van der Waals surface area contributed by atoms with Crippen molar-refractivity contribution in [3.8, 4) is 43.1 Å². The summed E-state index contributed by atoms with van der Waals surface area (Å²) < 4.78 is 0. The lowest BCUT2D eigenvalue weighted by molar-refractivity contribution is -0.385. The number of benzene rings is 4. The molecule has 7 heteroatoms. The summed E-state index contributed by atoms with van der Waals surface area (Å²) in [5.41, 5.74) is 5.73. The van der Waals surface area contributed by atoms with E-state index in [0.717, 1.165) is 43.1 Å². The highest BCUT2D eigenvalue weighted by molar-refractivity contribution is 7.20. The van der Waals surface area contributed by atoms with Gasteiger partial charge in [-0.2, -0.15) is 0 Å². The third-order valence-corrected chi connectivity index (χ3v) is 7.00. The van der Waals surface area contributed by atoms with Gasteiger partial charge in [0.15, 0.2) is 0 Å². The lowest BCUT2D eigenvalue weighted by Crippen LogP contribution is -1.90. The molecule has 170 valence electrons. The lowest BCUT2D eigenvalue weighted by atomic mass is 9.91. The molecular weight excluding hydrogens is 460 g/mol. The maximum Gasteiger partial charge on any atom is 0.269 e. The molecule has 5 aromatic rings. The Balaban J connectivity index is 1.83. The van der Waals surface area contributed by atoms with Crippen molar-refractivity contribution in [2.45, 2.75) is 0 Å². The van der Waals surface area contributed by atoms with E-state index in [1.54, 1.807) is 35.6 Å². The van der Waals surface area contributed by atoms with Crippen molar-refractivity contribution >= 4 is 22.7 Å². The Morgan fingerprint density at radius 3 is 1.23 bits per heavy atom. The molecule has 0 N–H and O–H groups in total. The third kappa shape index (κ3) is 4.32. The summed E-state index contributed by atoms with van der Waals surface area (Å²) >= 11 is 1.60. The lowest BCUT2D eigenvalue weighted by Gasteiger charge is -2.11. The Labute approximate surface area is 205 Å². The SMILES string of the molecule is O=[N+]([O-])c1ccc(-c2sc(-c3ccccc3)c(-c3ccccc3)c2-c2ccc([N+](=O)[O-])cc2)cc1. The van der Waals surface area contributed by atoms with E-state index in [0.29, 0.717) is 0 Å². The number of rotatable bonds is 6. The quantitative estimate of drug-likeness (QED) is 0.182. The minimum absolute atomic E-state index is 0.0189. The van der Waals surface area contributed by atoms with E-state index in [9.17, 15) is 20.2 Å². The van der Waals surface area contributed by atoms with E-state index in [2.05, 4.69) is 12.1 Å². The number of hydrogen-bond acceptors (Lipinski definition) is 5. The topological polar surface area (TPSA) is 86.3 Å². The van der Waals surface area contributed by atoms with E-state index in [1.807, 2.05) is 48.5 Å². The van der Waals surface area contributed by atoms with Crippen molar-refractivity contribution in [1.29, 1.82) is 0 Å². The monoisotopic (exact) mass is 478 g/mol. The Bertz CT molecular complexity index is 1510. The van der Waals surface area contributed by atoms with E-state index < -0.39 is 9.85 Å². The fourth-order valence-electron chi connectivity index (χ4n) is 4.07. The van der Waals surface area contributed by atoms with Crippen molar-refractivity contribution in [1.82, 2.24) is 0 Å². The molecule has 0 unspecified atom stereocenters. The molecule has 0 aliphatic heterocycles. The highest BCUT2D eigenvalue weighted by atomic mass is 32.1. The summed E-state index contributed by atoms with van der Waals surface area (Å²) in [5.74, 6) is 0. The Hall–Kier alpha value is -4.62. The first-order valence-corrected chi connectivity index (χ1v) is 11.6. The van der Waals surface area contributed by atoms with E-state index in [4.69, 9.17) is 0 Å². The van der Waals surface area contributed by atoms with E-state index >= 15 is 0 Å². The number of hydrogen-bond donors (Lipinski definition) is 0. The number of nitro benzene ring substituents is 2. The average molecular weight is 479 g/mol. The summed E-state index contributed by atoms with van der Waals surface area (Å²) in [6, 6.07) is 33.1. The maximum absolute atomic E-state index is 11.3. The van der Waals surface area contributed by atoms with Crippen LogP contribution in [0.2, 0.25) is 0 Å².